The largest absolute Gasteiger partial charge is 0.396 e. The second-order valence-corrected chi connectivity index (χ2v) is 6.38. The van der Waals surface area contributed by atoms with Crippen molar-refractivity contribution in [1.82, 2.24) is 0 Å². The molecule has 0 aromatic carbocycles. The van der Waals surface area contributed by atoms with E-state index in [0.29, 0.717) is 23.9 Å². The molecule has 0 radical (unpaired) electrons. The van der Waals surface area contributed by atoms with Crippen molar-refractivity contribution in [2.45, 2.75) is 59.8 Å². The summed E-state index contributed by atoms with van der Waals surface area (Å²) < 4.78 is 0. The molecule has 100 valence electrons. The minimum Gasteiger partial charge on any atom is -0.396 e. The molecular weight excluding hydrogens is 208 g/mol. The van der Waals surface area contributed by atoms with Gasteiger partial charge in [-0.15, -0.1) is 0 Å². The Morgan fingerprint density at radius 3 is 2.41 bits per heavy atom. The first kappa shape index (κ1) is 14.8. The maximum absolute atomic E-state index is 9.30. The third kappa shape index (κ3) is 3.13. The van der Waals surface area contributed by atoms with Gasteiger partial charge in [-0.25, -0.2) is 0 Å². The molecule has 0 spiro atoms. The lowest BCUT2D eigenvalue weighted by molar-refractivity contribution is 0.186. The van der Waals surface area contributed by atoms with Crippen LogP contribution < -0.4 is 0 Å². The van der Waals surface area contributed by atoms with Gasteiger partial charge in [0, 0.05) is 6.61 Å². The maximum atomic E-state index is 9.30. The van der Waals surface area contributed by atoms with Gasteiger partial charge in [0.1, 0.15) is 0 Å². The van der Waals surface area contributed by atoms with Gasteiger partial charge in [-0.1, -0.05) is 52.7 Å². The van der Waals surface area contributed by atoms with E-state index in [2.05, 4.69) is 34.3 Å². The Hall–Kier alpha value is -0.300. The molecule has 3 unspecified atom stereocenters. The maximum Gasteiger partial charge on any atom is 0.0462 e. The first-order chi connectivity index (χ1) is 7.97. The fourth-order valence-electron chi connectivity index (χ4n) is 3.71. The third-order valence-electron chi connectivity index (χ3n) is 5.13. The summed E-state index contributed by atoms with van der Waals surface area (Å²) in [6.07, 6.45) is 6.00. The highest BCUT2D eigenvalue weighted by Gasteiger charge is 2.42. The first-order valence-corrected chi connectivity index (χ1v) is 7.25. The highest BCUT2D eigenvalue weighted by molar-refractivity contribution is 5.11. The lowest BCUT2D eigenvalue weighted by Crippen LogP contribution is -2.26. The van der Waals surface area contributed by atoms with Crippen LogP contribution in [0.25, 0.3) is 0 Å². The molecule has 17 heavy (non-hydrogen) atoms. The second kappa shape index (κ2) is 6.04. The Balaban J connectivity index is 2.64. The molecule has 0 saturated heterocycles. The van der Waals surface area contributed by atoms with E-state index in [0.717, 1.165) is 18.8 Å². The van der Waals surface area contributed by atoms with Crippen LogP contribution in [0.4, 0.5) is 0 Å². The zero-order valence-electron chi connectivity index (χ0n) is 12.1. The molecule has 0 heterocycles. The van der Waals surface area contributed by atoms with E-state index in [1.165, 1.54) is 24.8 Å². The smallest absolute Gasteiger partial charge is 0.0462 e. The average Bonchev–Trinajstić information content (AvgIpc) is 2.60. The highest BCUT2D eigenvalue weighted by Crippen LogP contribution is 2.52. The molecule has 0 aromatic heterocycles. The first-order valence-electron chi connectivity index (χ1n) is 7.25. The van der Waals surface area contributed by atoms with Gasteiger partial charge in [0.05, 0.1) is 0 Å². The van der Waals surface area contributed by atoms with Crippen LogP contribution in [0.15, 0.2) is 12.2 Å². The quantitative estimate of drug-likeness (QED) is 0.679. The van der Waals surface area contributed by atoms with Crippen LogP contribution in [0.3, 0.4) is 0 Å². The van der Waals surface area contributed by atoms with Gasteiger partial charge in [0.15, 0.2) is 0 Å². The van der Waals surface area contributed by atoms with Crippen molar-refractivity contribution in [3.05, 3.63) is 12.2 Å². The monoisotopic (exact) mass is 238 g/mol. The molecule has 1 heteroatoms. The molecule has 3 atom stereocenters. The minimum absolute atomic E-state index is 0.305. The summed E-state index contributed by atoms with van der Waals surface area (Å²) in [5.74, 6) is 1.92. The fourth-order valence-corrected chi connectivity index (χ4v) is 3.71. The van der Waals surface area contributed by atoms with E-state index in [-0.39, 0.29) is 0 Å². The Morgan fingerprint density at radius 1 is 1.35 bits per heavy atom. The molecule has 1 fully saturated rings. The Morgan fingerprint density at radius 2 is 2.00 bits per heavy atom. The van der Waals surface area contributed by atoms with Crippen LogP contribution in [0, 0.1) is 23.2 Å². The van der Waals surface area contributed by atoms with Crippen LogP contribution in [-0.2, 0) is 0 Å². The van der Waals surface area contributed by atoms with E-state index < -0.39 is 0 Å². The minimum atomic E-state index is 0.305. The van der Waals surface area contributed by atoms with Crippen LogP contribution in [0.2, 0.25) is 0 Å². The average molecular weight is 238 g/mol. The fraction of sp³-hybridized carbons (Fsp3) is 0.875. The molecule has 0 aromatic rings. The van der Waals surface area contributed by atoms with Crippen molar-refractivity contribution >= 4 is 0 Å². The summed E-state index contributed by atoms with van der Waals surface area (Å²) in [7, 11) is 0. The lowest BCUT2D eigenvalue weighted by atomic mass is 9.70. The van der Waals surface area contributed by atoms with E-state index in [1.807, 2.05) is 0 Å². The van der Waals surface area contributed by atoms with Gasteiger partial charge in [0.25, 0.3) is 0 Å². The summed E-state index contributed by atoms with van der Waals surface area (Å²) in [4.78, 5) is 0. The van der Waals surface area contributed by atoms with E-state index in [1.54, 1.807) is 0 Å². The zero-order chi connectivity index (χ0) is 13.1. The second-order valence-electron chi connectivity index (χ2n) is 6.38. The summed E-state index contributed by atoms with van der Waals surface area (Å²) in [5, 5.41) is 9.30. The molecular formula is C16H30O. The summed E-state index contributed by atoms with van der Waals surface area (Å²) in [6.45, 7) is 13.9. The number of aliphatic hydroxyl groups excluding tert-OH is 1. The van der Waals surface area contributed by atoms with Crippen molar-refractivity contribution in [2.24, 2.45) is 23.2 Å². The Kier molecular flexibility index (Phi) is 5.24. The molecule has 1 aliphatic rings. The van der Waals surface area contributed by atoms with E-state index in [9.17, 15) is 5.11 Å². The highest BCUT2D eigenvalue weighted by atomic mass is 16.3. The standard InChI is InChI=1S/C16H30O/c1-6-13(11-17)10-12(3)15-9-8-14(7-2)16(15,4)5/h13-15,17H,3,6-11H2,1-2,4-5H3. The summed E-state index contributed by atoms with van der Waals surface area (Å²) >= 11 is 0. The van der Waals surface area contributed by atoms with Gasteiger partial charge in [0.2, 0.25) is 0 Å². The Bertz CT molecular complexity index is 250. The number of hydrogen-bond donors (Lipinski definition) is 1. The molecule has 1 saturated carbocycles. The van der Waals surface area contributed by atoms with Gasteiger partial charge < -0.3 is 5.11 Å². The van der Waals surface area contributed by atoms with Gasteiger partial charge in [-0.05, 0) is 42.4 Å². The predicted molar refractivity (Wildman–Crippen MR) is 74.9 cm³/mol. The summed E-state index contributed by atoms with van der Waals surface area (Å²) in [5.41, 5.74) is 1.78. The van der Waals surface area contributed by atoms with Crippen LogP contribution in [0.5, 0.6) is 0 Å². The molecule has 0 aliphatic heterocycles. The molecule has 0 amide bonds. The molecule has 1 aliphatic carbocycles. The predicted octanol–water partition coefficient (Wildman–Crippen LogP) is 4.41. The third-order valence-corrected chi connectivity index (χ3v) is 5.13. The van der Waals surface area contributed by atoms with Gasteiger partial charge in [-0.2, -0.15) is 0 Å². The van der Waals surface area contributed by atoms with Crippen molar-refractivity contribution in [3.63, 3.8) is 0 Å². The van der Waals surface area contributed by atoms with Crippen LogP contribution >= 0.6 is 0 Å². The SMILES string of the molecule is C=C(CC(CC)CO)C1CCC(CC)C1(C)C. The molecule has 0 bridgehead atoms. The van der Waals surface area contributed by atoms with Crippen molar-refractivity contribution < 1.29 is 5.11 Å². The number of allylic oxidation sites excluding steroid dienone is 1. The van der Waals surface area contributed by atoms with Crippen LogP contribution in [0.1, 0.15) is 59.8 Å². The molecule has 1 nitrogen and oxygen atoms in total. The number of rotatable bonds is 6. The number of aliphatic hydroxyl groups is 1. The number of hydrogen-bond acceptors (Lipinski definition) is 1. The van der Waals surface area contributed by atoms with Gasteiger partial charge >= 0.3 is 0 Å². The van der Waals surface area contributed by atoms with Gasteiger partial charge in [-0.3, -0.25) is 0 Å². The Labute approximate surface area is 107 Å². The zero-order valence-corrected chi connectivity index (χ0v) is 12.1. The van der Waals surface area contributed by atoms with Crippen molar-refractivity contribution in [3.8, 4) is 0 Å². The normalized spacial score (nSPS) is 29.2. The topological polar surface area (TPSA) is 20.2 Å². The molecule has 1 rings (SSSR count). The van der Waals surface area contributed by atoms with Crippen molar-refractivity contribution in [1.29, 1.82) is 0 Å². The van der Waals surface area contributed by atoms with Crippen LogP contribution in [-0.4, -0.2) is 11.7 Å². The van der Waals surface area contributed by atoms with E-state index >= 15 is 0 Å². The summed E-state index contributed by atoms with van der Waals surface area (Å²) in [6, 6.07) is 0. The lowest BCUT2D eigenvalue weighted by Gasteiger charge is -2.34. The van der Waals surface area contributed by atoms with Crippen molar-refractivity contribution in [2.75, 3.05) is 6.61 Å². The van der Waals surface area contributed by atoms with E-state index in [4.69, 9.17) is 0 Å². The molecule has 1 N–H and O–H groups in total.